The second-order valence-corrected chi connectivity index (χ2v) is 3.65. The molecule has 0 saturated carbocycles. The molecule has 1 aromatic rings. The molecular weight excluding hydrogens is 202 g/mol. The first kappa shape index (κ1) is 12.3. The molecule has 0 unspecified atom stereocenters. The molecule has 0 aromatic heterocycles. The summed E-state index contributed by atoms with van der Waals surface area (Å²) in [5.41, 5.74) is 2.14. The molecule has 16 heavy (non-hydrogen) atoms. The zero-order chi connectivity index (χ0) is 12.1. The van der Waals surface area contributed by atoms with Crippen LogP contribution in [0, 0.1) is 6.92 Å². The summed E-state index contributed by atoms with van der Waals surface area (Å²) >= 11 is 0. The molecule has 0 saturated heterocycles. The molecule has 0 N–H and O–H groups in total. The molecule has 0 bridgehead atoms. The highest BCUT2D eigenvalue weighted by atomic mass is 16.5. The van der Waals surface area contributed by atoms with E-state index >= 15 is 0 Å². The van der Waals surface area contributed by atoms with E-state index in [9.17, 15) is 4.79 Å². The number of benzene rings is 1. The molecule has 0 aliphatic heterocycles. The summed E-state index contributed by atoms with van der Waals surface area (Å²) in [4.78, 5) is 13.0. The van der Waals surface area contributed by atoms with Crippen molar-refractivity contribution in [2.75, 3.05) is 14.2 Å². The van der Waals surface area contributed by atoms with Crippen LogP contribution in [0.4, 0.5) is 0 Å². The standard InChI is InChI=1S/C13H17NO2/c1-5-13(15)14(3)9-11-10(2)7-6-8-12(11)16-4/h5-8H,1,9H2,2-4H3. The summed E-state index contributed by atoms with van der Waals surface area (Å²) < 4.78 is 5.28. The van der Waals surface area contributed by atoms with Crippen molar-refractivity contribution < 1.29 is 9.53 Å². The first-order chi connectivity index (χ1) is 7.60. The first-order valence-electron chi connectivity index (χ1n) is 5.10. The van der Waals surface area contributed by atoms with Crippen LogP contribution in [0.2, 0.25) is 0 Å². The quantitative estimate of drug-likeness (QED) is 0.726. The molecular formula is C13H17NO2. The first-order valence-corrected chi connectivity index (χ1v) is 5.10. The average Bonchev–Trinajstić information content (AvgIpc) is 2.30. The van der Waals surface area contributed by atoms with Crippen LogP contribution in [-0.4, -0.2) is 25.0 Å². The molecule has 0 spiro atoms. The number of hydrogen-bond donors (Lipinski definition) is 0. The van der Waals surface area contributed by atoms with Gasteiger partial charge in [-0.25, -0.2) is 0 Å². The van der Waals surface area contributed by atoms with E-state index < -0.39 is 0 Å². The summed E-state index contributed by atoms with van der Waals surface area (Å²) in [7, 11) is 3.38. The molecule has 1 aromatic carbocycles. The molecule has 0 aliphatic carbocycles. The van der Waals surface area contributed by atoms with E-state index in [2.05, 4.69) is 6.58 Å². The fourth-order valence-corrected chi connectivity index (χ4v) is 1.54. The monoisotopic (exact) mass is 219 g/mol. The summed E-state index contributed by atoms with van der Waals surface area (Å²) in [6, 6.07) is 5.84. The molecule has 1 rings (SSSR count). The van der Waals surface area contributed by atoms with Gasteiger partial charge in [0.15, 0.2) is 0 Å². The van der Waals surface area contributed by atoms with Gasteiger partial charge < -0.3 is 9.64 Å². The molecule has 0 atom stereocenters. The number of carbonyl (C=O) groups is 1. The van der Waals surface area contributed by atoms with Crippen molar-refractivity contribution in [3.8, 4) is 5.75 Å². The molecule has 1 amide bonds. The van der Waals surface area contributed by atoms with Crippen LogP contribution < -0.4 is 4.74 Å². The van der Waals surface area contributed by atoms with Gasteiger partial charge in [-0.1, -0.05) is 18.7 Å². The topological polar surface area (TPSA) is 29.5 Å². The van der Waals surface area contributed by atoms with Gasteiger partial charge in [0, 0.05) is 19.2 Å². The molecule has 86 valence electrons. The fourth-order valence-electron chi connectivity index (χ4n) is 1.54. The van der Waals surface area contributed by atoms with Gasteiger partial charge in [-0.15, -0.1) is 0 Å². The van der Waals surface area contributed by atoms with E-state index in [1.165, 1.54) is 6.08 Å². The lowest BCUT2D eigenvalue weighted by Gasteiger charge is -2.18. The third-order valence-electron chi connectivity index (χ3n) is 2.53. The van der Waals surface area contributed by atoms with Crippen LogP contribution >= 0.6 is 0 Å². The lowest BCUT2D eigenvalue weighted by atomic mass is 10.1. The largest absolute Gasteiger partial charge is 0.496 e. The van der Waals surface area contributed by atoms with E-state index in [4.69, 9.17) is 4.74 Å². The van der Waals surface area contributed by atoms with Gasteiger partial charge in [0.1, 0.15) is 5.75 Å². The summed E-state index contributed by atoms with van der Waals surface area (Å²) in [5, 5.41) is 0. The predicted molar refractivity (Wildman–Crippen MR) is 64.4 cm³/mol. The minimum absolute atomic E-state index is 0.0923. The Morgan fingerprint density at radius 3 is 2.81 bits per heavy atom. The van der Waals surface area contributed by atoms with Crippen LogP contribution in [0.3, 0.4) is 0 Å². The maximum Gasteiger partial charge on any atom is 0.245 e. The number of rotatable bonds is 4. The van der Waals surface area contributed by atoms with Gasteiger partial charge in [0.25, 0.3) is 0 Å². The van der Waals surface area contributed by atoms with Gasteiger partial charge in [-0.05, 0) is 24.6 Å². The Labute approximate surface area is 96.3 Å². The average molecular weight is 219 g/mol. The molecule has 0 radical (unpaired) electrons. The normalized spacial score (nSPS) is 9.69. The third kappa shape index (κ3) is 2.63. The van der Waals surface area contributed by atoms with Crippen molar-refractivity contribution in [1.29, 1.82) is 0 Å². The van der Waals surface area contributed by atoms with Crippen molar-refractivity contribution >= 4 is 5.91 Å². The van der Waals surface area contributed by atoms with Crippen LogP contribution in [0.25, 0.3) is 0 Å². The van der Waals surface area contributed by atoms with Crippen LogP contribution in [-0.2, 0) is 11.3 Å². The molecule has 3 nitrogen and oxygen atoms in total. The SMILES string of the molecule is C=CC(=O)N(C)Cc1c(C)cccc1OC. The minimum Gasteiger partial charge on any atom is -0.496 e. The predicted octanol–water partition coefficient (Wildman–Crippen LogP) is 2.15. The van der Waals surface area contributed by atoms with Crippen molar-refractivity contribution in [3.63, 3.8) is 0 Å². The van der Waals surface area contributed by atoms with Crippen LogP contribution in [0.15, 0.2) is 30.9 Å². The highest BCUT2D eigenvalue weighted by Gasteiger charge is 2.11. The number of aryl methyl sites for hydroxylation is 1. The molecule has 3 heteroatoms. The number of methoxy groups -OCH3 is 1. The minimum atomic E-state index is -0.0923. The van der Waals surface area contributed by atoms with E-state index in [0.29, 0.717) is 6.54 Å². The second kappa shape index (κ2) is 5.35. The summed E-state index contributed by atoms with van der Waals surface area (Å²) in [6.45, 7) is 6.00. The van der Waals surface area contributed by atoms with Crippen molar-refractivity contribution in [2.45, 2.75) is 13.5 Å². The molecule has 0 fully saturated rings. The fraction of sp³-hybridized carbons (Fsp3) is 0.308. The second-order valence-electron chi connectivity index (χ2n) is 3.65. The number of ether oxygens (including phenoxy) is 1. The maximum atomic E-state index is 11.4. The van der Waals surface area contributed by atoms with Crippen LogP contribution in [0.5, 0.6) is 5.75 Å². The number of nitrogens with zero attached hydrogens (tertiary/aromatic N) is 1. The third-order valence-corrected chi connectivity index (χ3v) is 2.53. The van der Waals surface area contributed by atoms with Gasteiger partial charge in [0.2, 0.25) is 5.91 Å². The Morgan fingerprint density at radius 1 is 1.56 bits per heavy atom. The smallest absolute Gasteiger partial charge is 0.245 e. The highest BCUT2D eigenvalue weighted by molar-refractivity contribution is 5.86. The Balaban J connectivity index is 2.95. The van der Waals surface area contributed by atoms with E-state index in [1.54, 1.807) is 19.1 Å². The van der Waals surface area contributed by atoms with Crippen molar-refractivity contribution in [1.82, 2.24) is 4.90 Å². The van der Waals surface area contributed by atoms with E-state index in [1.807, 2.05) is 25.1 Å². The lowest BCUT2D eigenvalue weighted by Crippen LogP contribution is -2.24. The zero-order valence-corrected chi connectivity index (χ0v) is 9.99. The van der Waals surface area contributed by atoms with Crippen molar-refractivity contribution in [3.05, 3.63) is 42.0 Å². The number of carbonyl (C=O) groups excluding carboxylic acids is 1. The number of amides is 1. The molecule has 0 aliphatic rings. The maximum absolute atomic E-state index is 11.4. The van der Waals surface area contributed by atoms with Crippen LogP contribution in [0.1, 0.15) is 11.1 Å². The molecule has 0 heterocycles. The van der Waals surface area contributed by atoms with Crippen molar-refractivity contribution in [2.24, 2.45) is 0 Å². The van der Waals surface area contributed by atoms with Gasteiger partial charge in [0.05, 0.1) is 7.11 Å². The van der Waals surface area contributed by atoms with E-state index in [0.717, 1.165) is 16.9 Å². The number of likely N-dealkylation sites (N-methyl/N-ethyl adjacent to an activating group) is 1. The lowest BCUT2D eigenvalue weighted by molar-refractivity contribution is -0.125. The van der Waals surface area contributed by atoms with Gasteiger partial charge >= 0.3 is 0 Å². The van der Waals surface area contributed by atoms with Gasteiger partial charge in [-0.2, -0.15) is 0 Å². The summed E-state index contributed by atoms with van der Waals surface area (Å²) in [5.74, 6) is 0.717. The zero-order valence-electron chi connectivity index (χ0n) is 9.99. The summed E-state index contributed by atoms with van der Waals surface area (Å²) in [6.07, 6.45) is 1.31. The Kier molecular flexibility index (Phi) is 4.11. The number of hydrogen-bond acceptors (Lipinski definition) is 2. The Bertz CT molecular complexity index is 399. The highest BCUT2D eigenvalue weighted by Crippen LogP contribution is 2.22. The van der Waals surface area contributed by atoms with E-state index in [-0.39, 0.29) is 5.91 Å². The Morgan fingerprint density at radius 2 is 2.25 bits per heavy atom. The van der Waals surface area contributed by atoms with Gasteiger partial charge in [-0.3, -0.25) is 4.79 Å². The Hall–Kier alpha value is -1.77.